The highest BCUT2D eigenvalue weighted by atomic mass is 32.2. The highest BCUT2D eigenvalue weighted by Crippen LogP contribution is 2.37. The first-order valence-corrected chi connectivity index (χ1v) is 9.81. The monoisotopic (exact) mass is 406 g/mol. The number of carbonyl (C=O) groups is 2. The summed E-state index contributed by atoms with van der Waals surface area (Å²) in [5, 5.41) is 10.4. The number of hydrogen-bond donors (Lipinski definition) is 1. The van der Waals surface area contributed by atoms with Crippen molar-refractivity contribution in [2.24, 2.45) is 12.8 Å². The minimum absolute atomic E-state index is 0.209. The predicted octanol–water partition coefficient (Wildman–Crippen LogP) is 1.87. The summed E-state index contributed by atoms with van der Waals surface area (Å²) in [6.07, 6.45) is 2.09. The van der Waals surface area contributed by atoms with Gasteiger partial charge in [-0.25, -0.2) is 14.8 Å². The van der Waals surface area contributed by atoms with E-state index in [9.17, 15) is 9.59 Å². The molecule has 0 aliphatic rings. The van der Waals surface area contributed by atoms with Crippen molar-refractivity contribution in [3.63, 3.8) is 0 Å². The second-order valence-corrected chi connectivity index (χ2v) is 7.62. The van der Waals surface area contributed by atoms with Crippen LogP contribution in [-0.4, -0.2) is 43.2 Å². The van der Waals surface area contributed by atoms with Crippen LogP contribution < -0.4 is 5.73 Å². The quantitative estimate of drug-likeness (QED) is 0.465. The maximum Gasteiger partial charge on any atom is 0.348 e. The number of fused-ring (bicyclic) bond motifs is 1. The molecule has 9 nitrogen and oxygen atoms in total. The average molecular weight is 406 g/mol. The number of amides is 1. The number of carbonyl (C=O) groups excluding carboxylic acids is 2. The first kappa shape index (κ1) is 19.2. The van der Waals surface area contributed by atoms with E-state index in [1.54, 1.807) is 11.5 Å². The van der Waals surface area contributed by atoms with Gasteiger partial charge in [-0.3, -0.25) is 4.79 Å². The fraction of sp³-hybridized carbons (Fsp3) is 0.375. The lowest BCUT2D eigenvalue weighted by Crippen LogP contribution is -2.12. The Hall–Kier alpha value is -2.53. The van der Waals surface area contributed by atoms with Crippen LogP contribution >= 0.6 is 23.1 Å². The number of ether oxygens (including phenoxy) is 1. The van der Waals surface area contributed by atoms with E-state index in [2.05, 4.69) is 20.2 Å². The molecule has 0 bridgehead atoms. The molecule has 3 heterocycles. The van der Waals surface area contributed by atoms with Crippen molar-refractivity contribution in [3.8, 4) is 0 Å². The molecule has 1 amide bonds. The van der Waals surface area contributed by atoms with Gasteiger partial charge in [0.2, 0.25) is 5.91 Å². The van der Waals surface area contributed by atoms with Crippen LogP contribution in [0, 0.1) is 6.92 Å². The van der Waals surface area contributed by atoms with E-state index in [0.717, 1.165) is 10.9 Å². The molecule has 0 aliphatic heterocycles. The van der Waals surface area contributed by atoms with Crippen LogP contribution in [0.25, 0.3) is 10.2 Å². The van der Waals surface area contributed by atoms with Gasteiger partial charge in [0.05, 0.1) is 6.61 Å². The molecule has 0 saturated carbocycles. The van der Waals surface area contributed by atoms with Gasteiger partial charge in [-0.15, -0.1) is 21.5 Å². The summed E-state index contributed by atoms with van der Waals surface area (Å²) in [5.41, 5.74) is 5.98. The van der Waals surface area contributed by atoms with Gasteiger partial charge in [-0.1, -0.05) is 0 Å². The van der Waals surface area contributed by atoms with Gasteiger partial charge in [0.15, 0.2) is 5.16 Å². The molecule has 0 aliphatic carbocycles. The Balaban J connectivity index is 1.94. The second kappa shape index (κ2) is 8.01. The summed E-state index contributed by atoms with van der Waals surface area (Å²) in [5.74, 6) is -0.0812. The van der Waals surface area contributed by atoms with Gasteiger partial charge < -0.3 is 15.0 Å². The van der Waals surface area contributed by atoms with E-state index >= 15 is 0 Å². The molecule has 142 valence electrons. The summed E-state index contributed by atoms with van der Waals surface area (Å²) in [6.45, 7) is 3.94. The zero-order valence-electron chi connectivity index (χ0n) is 15.1. The largest absolute Gasteiger partial charge is 0.462 e. The number of thiophene rings is 1. The standard InChI is InChI=1S/C16H18N6O3S2/c1-4-25-15(24)12-8(2)11-13(26-12)18-7-19-14(11)27-16-21-20-10(22(16)3)6-5-9(17)23/h7H,4-6H2,1-3H3,(H2,17,23). The Morgan fingerprint density at radius 3 is 2.81 bits per heavy atom. The summed E-state index contributed by atoms with van der Waals surface area (Å²) in [6, 6.07) is 0. The van der Waals surface area contributed by atoms with Crippen molar-refractivity contribution in [2.75, 3.05) is 6.61 Å². The Kier molecular flexibility index (Phi) is 5.71. The van der Waals surface area contributed by atoms with E-state index in [4.69, 9.17) is 10.5 Å². The fourth-order valence-electron chi connectivity index (χ4n) is 2.48. The lowest BCUT2D eigenvalue weighted by Gasteiger charge is -2.04. The first-order valence-electron chi connectivity index (χ1n) is 8.18. The Morgan fingerprint density at radius 2 is 2.11 bits per heavy atom. The third-order valence-electron chi connectivity index (χ3n) is 3.86. The summed E-state index contributed by atoms with van der Waals surface area (Å²) >= 11 is 2.61. The molecule has 0 spiro atoms. The van der Waals surface area contributed by atoms with Crippen molar-refractivity contribution < 1.29 is 14.3 Å². The van der Waals surface area contributed by atoms with Crippen LogP contribution in [-0.2, 0) is 23.0 Å². The van der Waals surface area contributed by atoms with Gasteiger partial charge in [-0.05, 0) is 31.2 Å². The second-order valence-electron chi connectivity index (χ2n) is 5.66. The van der Waals surface area contributed by atoms with Crippen molar-refractivity contribution in [1.29, 1.82) is 0 Å². The van der Waals surface area contributed by atoms with Crippen LogP contribution in [0.3, 0.4) is 0 Å². The number of aryl methyl sites for hydroxylation is 2. The number of rotatable bonds is 7. The Labute approximate surface area is 163 Å². The number of esters is 1. The van der Waals surface area contributed by atoms with Crippen molar-refractivity contribution in [3.05, 3.63) is 22.6 Å². The van der Waals surface area contributed by atoms with E-state index in [0.29, 0.717) is 38.7 Å². The first-order chi connectivity index (χ1) is 12.9. The van der Waals surface area contributed by atoms with Gasteiger partial charge in [0.25, 0.3) is 0 Å². The van der Waals surface area contributed by atoms with E-state index in [1.165, 1.54) is 29.4 Å². The number of nitrogens with two attached hydrogens (primary N) is 1. The molecule has 0 saturated heterocycles. The molecular weight excluding hydrogens is 388 g/mol. The van der Waals surface area contributed by atoms with Gasteiger partial charge >= 0.3 is 5.97 Å². The Bertz CT molecular complexity index is 1010. The SMILES string of the molecule is CCOC(=O)c1sc2ncnc(Sc3nnc(CCC(N)=O)n3C)c2c1C. The van der Waals surface area contributed by atoms with Crippen LogP contribution in [0.1, 0.15) is 34.4 Å². The zero-order chi connectivity index (χ0) is 19.6. The molecule has 11 heteroatoms. The highest BCUT2D eigenvalue weighted by molar-refractivity contribution is 7.99. The van der Waals surface area contributed by atoms with Crippen molar-refractivity contribution in [1.82, 2.24) is 24.7 Å². The summed E-state index contributed by atoms with van der Waals surface area (Å²) in [7, 11) is 1.82. The van der Waals surface area contributed by atoms with Crippen molar-refractivity contribution >= 4 is 45.2 Å². The number of nitrogens with zero attached hydrogens (tertiary/aromatic N) is 5. The van der Waals surface area contributed by atoms with Crippen molar-refractivity contribution in [2.45, 2.75) is 36.9 Å². The van der Waals surface area contributed by atoms with E-state index in [-0.39, 0.29) is 18.3 Å². The van der Waals surface area contributed by atoms with Crippen LogP contribution in [0.5, 0.6) is 0 Å². The number of primary amides is 1. The molecule has 0 aromatic carbocycles. The molecule has 27 heavy (non-hydrogen) atoms. The summed E-state index contributed by atoms with van der Waals surface area (Å²) < 4.78 is 6.92. The minimum atomic E-state index is -0.384. The van der Waals surface area contributed by atoms with E-state index < -0.39 is 0 Å². The molecule has 3 aromatic rings. The zero-order valence-corrected chi connectivity index (χ0v) is 16.7. The van der Waals surface area contributed by atoms with Crippen LogP contribution in [0.15, 0.2) is 16.5 Å². The Morgan fingerprint density at radius 1 is 1.33 bits per heavy atom. The maximum absolute atomic E-state index is 12.2. The van der Waals surface area contributed by atoms with Gasteiger partial charge in [0, 0.05) is 25.3 Å². The fourth-order valence-corrected chi connectivity index (χ4v) is 4.54. The van der Waals surface area contributed by atoms with Gasteiger partial charge in [0.1, 0.15) is 26.9 Å². The third kappa shape index (κ3) is 3.93. The normalized spacial score (nSPS) is 11.1. The third-order valence-corrected chi connectivity index (χ3v) is 6.08. The van der Waals surface area contributed by atoms with E-state index in [1.807, 2.05) is 14.0 Å². The lowest BCUT2D eigenvalue weighted by atomic mass is 10.2. The molecule has 3 aromatic heterocycles. The molecule has 0 fully saturated rings. The highest BCUT2D eigenvalue weighted by Gasteiger charge is 2.22. The molecule has 0 unspecified atom stereocenters. The molecular formula is C16H18N6O3S2. The van der Waals surface area contributed by atoms with Crippen LogP contribution in [0.4, 0.5) is 0 Å². The predicted molar refractivity (Wildman–Crippen MR) is 101 cm³/mol. The number of hydrogen-bond acceptors (Lipinski definition) is 9. The van der Waals surface area contributed by atoms with Gasteiger partial charge in [-0.2, -0.15) is 0 Å². The summed E-state index contributed by atoms with van der Waals surface area (Å²) in [4.78, 5) is 33.0. The van der Waals surface area contributed by atoms with Crippen LogP contribution in [0.2, 0.25) is 0 Å². The molecule has 0 atom stereocenters. The molecule has 2 N–H and O–H groups in total. The average Bonchev–Trinajstić information content (AvgIpc) is 3.15. The number of aromatic nitrogens is 5. The maximum atomic E-state index is 12.2. The molecule has 3 rings (SSSR count). The smallest absolute Gasteiger partial charge is 0.348 e. The topological polar surface area (TPSA) is 126 Å². The molecule has 0 radical (unpaired) electrons. The lowest BCUT2D eigenvalue weighted by molar-refractivity contribution is -0.118. The minimum Gasteiger partial charge on any atom is -0.462 e.